The van der Waals surface area contributed by atoms with E-state index in [1.807, 2.05) is 12.3 Å². The Bertz CT molecular complexity index is 808. The van der Waals surface area contributed by atoms with Crippen LogP contribution >= 0.6 is 0 Å². The third-order valence-electron chi connectivity index (χ3n) is 5.28. The maximum atomic E-state index is 12.0. The first-order valence-electron chi connectivity index (χ1n) is 8.82. The van der Waals surface area contributed by atoms with Gasteiger partial charge in [0.05, 0.1) is 5.52 Å². The largest absolute Gasteiger partial charge is 0.396 e. The molecule has 0 radical (unpaired) electrons. The zero-order valence-corrected chi connectivity index (χ0v) is 14.0. The number of anilines is 1. The van der Waals surface area contributed by atoms with Gasteiger partial charge in [0.1, 0.15) is 6.04 Å². The summed E-state index contributed by atoms with van der Waals surface area (Å²) in [7, 11) is 0. The van der Waals surface area contributed by atoms with Gasteiger partial charge >= 0.3 is 0 Å². The van der Waals surface area contributed by atoms with Crippen molar-refractivity contribution in [1.29, 1.82) is 0 Å². The van der Waals surface area contributed by atoms with Crippen LogP contribution in [0.2, 0.25) is 0 Å². The number of aliphatic hydroxyl groups is 1. The lowest BCUT2D eigenvalue weighted by Gasteiger charge is -2.32. The second-order valence-electron chi connectivity index (χ2n) is 6.93. The second-order valence-corrected chi connectivity index (χ2v) is 6.93. The first-order chi connectivity index (χ1) is 12.1. The van der Waals surface area contributed by atoms with Crippen molar-refractivity contribution in [3.05, 3.63) is 24.4 Å². The maximum absolute atomic E-state index is 12.0. The summed E-state index contributed by atoms with van der Waals surface area (Å²) in [5.41, 5.74) is 1.98. The molecule has 0 bridgehead atoms. The van der Waals surface area contributed by atoms with E-state index in [0.29, 0.717) is 18.8 Å². The van der Waals surface area contributed by atoms with E-state index in [4.69, 9.17) is 0 Å². The molecular weight excluding hydrogens is 320 g/mol. The van der Waals surface area contributed by atoms with E-state index >= 15 is 0 Å². The maximum Gasteiger partial charge on any atom is 0.251 e. The fourth-order valence-corrected chi connectivity index (χ4v) is 3.69. The fraction of sp³-hybridized carbons (Fsp3) is 0.500. The Labute approximate surface area is 145 Å². The van der Waals surface area contributed by atoms with E-state index in [-0.39, 0.29) is 18.4 Å². The number of rotatable bonds is 3. The van der Waals surface area contributed by atoms with E-state index in [2.05, 4.69) is 27.4 Å². The van der Waals surface area contributed by atoms with Crippen LogP contribution in [0.3, 0.4) is 0 Å². The van der Waals surface area contributed by atoms with Crippen molar-refractivity contribution < 1.29 is 14.7 Å². The number of aliphatic hydroxyl groups excluding tert-OH is 1. The van der Waals surface area contributed by atoms with Gasteiger partial charge in [0.25, 0.3) is 5.91 Å². The van der Waals surface area contributed by atoms with Crippen LogP contribution in [0.25, 0.3) is 10.9 Å². The van der Waals surface area contributed by atoms with Crippen molar-refractivity contribution in [3.63, 3.8) is 0 Å². The van der Waals surface area contributed by atoms with E-state index < -0.39 is 6.04 Å². The molecule has 7 nitrogen and oxygen atoms in total. The van der Waals surface area contributed by atoms with Crippen LogP contribution in [0, 0.1) is 5.92 Å². The predicted molar refractivity (Wildman–Crippen MR) is 93.2 cm³/mol. The Hall–Kier alpha value is -2.41. The molecule has 1 aromatic carbocycles. The number of hydrogen-bond donors (Lipinski definition) is 2. The van der Waals surface area contributed by atoms with Crippen LogP contribution in [-0.4, -0.2) is 46.4 Å². The lowest BCUT2D eigenvalue weighted by molar-refractivity contribution is -0.135. The van der Waals surface area contributed by atoms with Gasteiger partial charge in [-0.1, -0.05) is 0 Å². The van der Waals surface area contributed by atoms with Gasteiger partial charge in [0.2, 0.25) is 5.91 Å². The van der Waals surface area contributed by atoms with Crippen LogP contribution < -0.4 is 10.2 Å². The van der Waals surface area contributed by atoms with Gasteiger partial charge < -0.3 is 10.0 Å². The molecule has 2 aromatic rings. The highest BCUT2D eigenvalue weighted by molar-refractivity contribution is 5.99. The average molecular weight is 342 g/mol. The van der Waals surface area contributed by atoms with E-state index in [1.165, 1.54) is 0 Å². The van der Waals surface area contributed by atoms with Gasteiger partial charge in [-0.25, -0.2) is 0 Å². The zero-order valence-electron chi connectivity index (χ0n) is 14.0. The standard InChI is InChI=1S/C18H22N4O3/c23-11-12-5-7-21(8-6-12)14-2-1-13-10-22(20-15(13)9-14)16-3-4-17(24)19-18(16)25/h1-2,9-10,12,16,23H,3-8,11H2,(H,19,24,25). The van der Waals surface area contributed by atoms with E-state index in [1.54, 1.807) is 4.68 Å². The number of carbonyl (C=O) groups is 2. The molecule has 2 aliphatic heterocycles. The smallest absolute Gasteiger partial charge is 0.251 e. The van der Waals surface area contributed by atoms with Crippen molar-refractivity contribution >= 4 is 28.4 Å². The number of benzene rings is 1. The van der Waals surface area contributed by atoms with Crippen LogP contribution in [-0.2, 0) is 9.59 Å². The zero-order chi connectivity index (χ0) is 17.4. The number of fused-ring (bicyclic) bond motifs is 1. The van der Waals surface area contributed by atoms with Crippen molar-refractivity contribution in [1.82, 2.24) is 15.1 Å². The number of nitrogens with zero attached hydrogens (tertiary/aromatic N) is 3. The third kappa shape index (κ3) is 3.11. The molecule has 2 aliphatic rings. The minimum atomic E-state index is -0.422. The molecule has 1 aromatic heterocycles. The summed E-state index contributed by atoms with van der Waals surface area (Å²) < 4.78 is 1.67. The number of carbonyl (C=O) groups excluding carboxylic acids is 2. The lowest BCUT2D eigenvalue weighted by atomic mass is 9.97. The summed E-state index contributed by atoms with van der Waals surface area (Å²) in [6, 6.07) is 5.74. The Morgan fingerprint density at radius 3 is 2.72 bits per heavy atom. The first-order valence-corrected chi connectivity index (χ1v) is 8.82. The number of aromatic nitrogens is 2. The Morgan fingerprint density at radius 2 is 2.00 bits per heavy atom. The number of piperidine rings is 2. The van der Waals surface area contributed by atoms with Gasteiger partial charge in [-0.15, -0.1) is 0 Å². The number of amides is 2. The molecule has 3 heterocycles. The highest BCUT2D eigenvalue weighted by Gasteiger charge is 2.29. The Kier molecular flexibility index (Phi) is 4.17. The van der Waals surface area contributed by atoms with E-state index in [0.717, 1.165) is 42.5 Å². The first kappa shape index (κ1) is 16.1. The van der Waals surface area contributed by atoms with Crippen molar-refractivity contribution in [3.8, 4) is 0 Å². The summed E-state index contributed by atoms with van der Waals surface area (Å²) in [5, 5.41) is 17.2. The number of hydrogen-bond acceptors (Lipinski definition) is 5. The molecule has 2 amide bonds. The molecule has 1 unspecified atom stereocenters. The molecular formula is C18H22N4O3. The third-order valence-corrected chi connectivity index (χ3v) is 5.28. The quantitative estimate of drug-likeness (QED) is 0.819. The topological polar surface area (TPSA) is 87.5 Å². The molecule has 0 aliphatic carbocycles. The summed E-state index contributed by atoms with van der Waals surface area (Å²) in [4.78, 5) is 25.7. The van der Waals surface area contributed by atoms with Gasteiger partial charge in [-0.05, 0) is 43.4 Å². The van der Waals surface area contributed by atoms with Crippen LogP contribution in [0.1, 0.15) is 31.7 Å². The number of imide groups is 1. The molecule has 4 rings (SSSR count). The predicted octanol–water partition coefficient (Wildman–Crippen LogP) is 1.22. The monoisotopic (exact) mass is 342 g/mol. The molecule has 2 N–H and O–H groups in total. The fourth-order valence-electron chi connectivity index (χ4n) is 3.69. The SMILES string of the molecule is O=C1CCC(n2cc3ccc(N4CCC(CO)CC4)cc3n2)C(=O)N1. The molecule has 25 heavy (non-hydrogen) atoms. The summed E-state index contributed by atoms with van der Waals surface area (Å²) in [6.07, 6.45) is 4.70. The molecule has 0 spiro atoms. The normalized spacial score (nSPS) is 22.4. The summed E-state index contributed by atoms with van der Waals surface area (Å²) >= 11 is 0. The number of nitrogens with one attached hydrogen (secondary N) is 1. The van der Waals surface area contributed by atoms with Gasteiger partial charge in [0, 0.05) is 43.4 Å². The molecule has 2 saturated heterocycles. The molecule has 7 heteroatoms. The van der Waals surface area contributed by atoms with E-state index in [9.17, 15) is 14.7 Å². The molecule has 132 valence electrons. The van der Waals surface area contributed by atoms with Crippen LogP contribution in [0.5, 0.6) is 0 Å². The minimum absolute atomic E-state index is 0.216. The van der Waals surface area contributed by atoms with Crippen LogP contribution in [0.15, 0.2) is 24.4 Å². The summed E-state index contributed by atoms with van der Waals surface area (Å²) in [6.45, 7) is 2.14. The Balaban J connectivity index is 1.55. The summed E-state index contributed by atoms with van der Waals surface area (Å²) in [5.74, 6) is -0.0893. The average Bonchev–Trinajstić information content (AvgIpc) is 3.04. The lowest BCUT2D eigenvalue weighted by Crippen LogP contribution is -2.41. The van der Waals surface area contributed by atoms with Crippen molar-refractivity contribution in [2.24, 2.45) is 5.92 Å². The van der Waals surface area contributed by atoms with Crippen molar-refractivity contribution in [2.45, 2.75) is 31.7 Å². The van der Waals surface area contributed by atoms with Crippen molar-refractivity contribution in [2.75, 3.05) is 24.6 Å². The highest BCUT2D eigenvalue weighted by Crippen LogP contribution is 2.27. The molecule has 0 saturated carbocycles. The minimum Gasteiger partial charge on any atom is -0.396 e. The molecule has 2 fully saturated rings. The van der Waals surface area contributed by atoms with Gasteiger partial charge in [-0.3, -0.25) is 19.6 Å². The highest BCUT2D eigenvalue weighted by atomic mass is 16.3. The van der Waals surface area contributed by atoms with Gasteiger partial charge in [-0.2, -0.15) is 5.10 Å². The second kappa shape index (κ2) is 6.48. The Morgan fingerprint density at radius 1 is 1.20 bits per heavy atom. The van der Waals surface area contributed by atoms with Gasteiger partial charge in [0.15, 0.2) is 0 Å². The molecule has 1 atom stereocenters. The van der Waals surface area contributed by atoms with Crippen LogP contribution in [0.4, 0.5) is 5.69 Å².